The monoisotopic (exact) mass is 408 g/mol. The summed E-state index contributed by atoms with van der Waals surface area (Å²) in [5, 5.41) is 14.2. The van der Waals surface area contributed by atoms with Crippen LogP contribution in [0.15, 0.2) is 4.99 Å². The Morgan fingerprint density at radius 1 is 1.21 bits per heavy atom. The summed E-state index contributed by atoms with van der Waals surface area (Å²) < 4.78 is 7.29. The van der Waals surface area contributed by atoms with E-state index in [1.165, 1.54) is 11.3 Å². The average molecular weight is 409 g/mol. The summed E-state index contributed by atoms with van der Waals surface area (Å²) >= 11 is 0. The van der Waals surface area contributed by atoms with Gasteiger partial charge in [0.25, 0.3) is 0 Å². The van der Waals surface area contributed by atoms with Gasteiger partial charge < -0.3 is 20.7 Å². The summed E-state index contributed by atoms with van der Waals surface area (Å²) in [6, 6.07) is 0.0978. The van der Waals surface area contributed by atoms with Gasteiger partial charge in [-0.25, -0.2) is 4.79 Å². The van der Waals surface area contributed by atoms with Crippen LogP contribution in [0.2, 0.25) is 0 Å². The lowest BCUT2D eigenvalue weighted by Gasteiger charge is -2.27. The van der Waals surface area contributed by atoms with Crippen LogP contribution >= 0.6 is 0 Å². The number of carbonyl (C=O) groups is 1. The summed E-state index contributed by atoms with van der Waals surface area (Å²) in [5.74, 6) is 0.944. The molecule has 0 spiro atoms. The van der Waals surface area contributed by atoms with Crippen molar-refractivity contribution in [3.05, 3.63) is 17.0 Å². The van der Waals surface area contributed by atoms with E-state index in [-0.39, 0.29) is 18.0 Å². The van der Waals surface area contributed by atoms with Crippen molar-refractivity contribution in [1.82, 2.24) is 25.7 Å². The molecule has 3 N–H and O–H groups in total. The lowest BCUT2D eigenvalue weighted by atomic mass is 10.0. The molecule has 8 heteroatoms. The number of hydrogen-bond acceptors (Lipinski definition) is 4. The van der Waals surface area contributed by atoms with Crippen LogP contribution in [0.1, 0.15) is 58.5 Å². The van der Waals surface area contributed by atoms with Gasteiger partial charge in [-0.2, -0.15) is 5.10 Å². The van der Waals surface area contributed by atoms with Gasteiger partial charge in [0.05, 0.1) is 11.7 Å². The quantitative estimate of drug-likeness (QED) is 0.476. The number of nitrogens with one attached hydrogen (secondary N) is 3. The first-order valence-electron chi connectivity index (χ1n) is 10.3. The van der Waals surface area contributed by atoms with Gasteiger partial charge in [0.1, 0.15) is 5.60 Å². The fourth-order valence-corrected chi connectivity index (χ4v) is 3.02. The fraction of sp³-hybridized carbons (Fsp3) is 0.762. The molecule has 1 heterocycles. The number of rotatable bonds is 7. The minimum atomic E-state index is -0.519. The topological polar surface area (TPSA) is 92.6 Å². The van der Waals surface area contributed by atoms with Crippen LogP contribution in [0.4, 0.5) is 4.79 Å². The first-order chi connectivity index (χ1) is 13.3. The van der Waals surface area contributed by atoms with Gasteiger partial charge in [0, 0.05) is 32.4 Å². The van der Waals surface area contributed by atoms with E-state index in [1.807, 2.05) is 39.4 Å². The van der Waals surface area contributed by atoms with Gasteiger partial charge >= 0.3 is 6.09 Å². The normalized spacial score (nSPS) is 14.5. The molecule has 0 aliphatic heterocycles. The third kappa shape index (κ3) is 8.33. The molecule has 0 bridgehead atoms. The molecule has 0 fully saturated rings. The number of aromatic nitrogens is 2. The van der Waals surface area contributed by atoms with Gasteiger partial charge in [0.2, 0.25) is 0 Å². The van der Waals surface area contributed by atoms with Crippen LogP contribution in [0, 0.1) is 19.8 Å². The highest BCUT2D eigenvalue weighted by molar-refractivity contribution is 5.80. The van der Waals surface area contributed by atoms with Crippen molar-refractivity contribution in [3.8, 4) is 0 Å². The molecule has 29 heavy (non-hydrogen) atoms. The van der Waals surface area contributed by atoms with Crippen LogP contribution in [0.25, 0.3) is 0 Å². The minimum absolute atomic E-state index is 0.0819. The Kier molecular flexibility index (Phi) is 8.98. The number of aryl methyl sites for hydroxylation is 2. The van der Waals surface area contributed by atoms with Crippen molar-refractivity contribution in [2.45, 2.75) is 79.5 Å². The number of ether oxygens (including phenoxy) is 1. The molecular weight excluding hydrogens is 368 g/mol. The van der Waals surface area contributed by atoms with Gasteiger partial charge in [-0.3, -0.25) is 9.67 Å². The first-order valence-corrected chi connectivity index (χ1v) is 10.3. The summed E-state index contributed by atoms with van der Waals surface area (Å²) in [5.41, 5.74) is 2.98. The largest absolute Gasteiger partial charge is 0.444 e. The van der Waals surface area contributed by atoms with Crippen molar-refractivity contribution < 1.29 is 9.53 Å². The maximum absolute atomic E-state index is 12.1. The minimum Gasteiger partial charge on any atom is -0.444 e. The number of aliphatic imine (C=N–C) groups is 1. The van der Waals surface area contributed by atoms with Crippen molar-refractivity contribution in [3.63, 3.8) is 0 Å². The van der Waals surface area contributed by atoms with Crippen molar-refractivity contribution >= 4 is 12.1 Å². The maximum atomic E-state index is 12.1. The van der Waals surface area contributed by atoms with E-state index in [1.54, 1.807) is 7.05 Å². The molecule has 166 valence electrons. The molecule has 2 atom stereocenters. The number of hydrogen-bond donors (Lipinski definition) is 3. The van der Waals surface area contributed by atoms with Crippen molar-refractivity contribution in [2.24, 2.45) is 18.0 Å². The lowest BCUT2D eigenvalue weighted by molar-refractivity contribution is 0.0491. The Hall–Kier alpha value is -2.25. The molecule has 0 saturated carbocycles. The van der Waals surface area contributed by atoms with Crippen molar-refractivity contribution in [2.75, 3.05) is 13.6 Å². The predicted molar refractivity (Wildman–Crippen MR) is 118 cm³/mol. The molecular formula is C21H40N6O2. The molecule has 1 aromatic heterocycles. The Labute approximate surface area is 175 Å². The van der Waals surface area contributed by atoms with E-state index >= 15 is 0 Å². The smallest absolute Gasteiger partial charge is 0.407 e. The van der Waals surface area contributed by atoms with Crippen LogP contribution < -0.4 is 16.0 Å². The molecule has 0 saturated heterocycles. The number of amides is 1. The van der Waals surface area contributed by atoms with E-state index in [0.717, 1.165) is 12.1 Å². The Bertz CT molecular complexity index is 703. The summed E-state index contributed by atoms with van der Waals surface area (Å²) in [6.45, 7) is 16.5. The molecule has 1 aromatic rings. The van der Waals surface area contributed by atoms with Gasteiger partial charge in [0.15, 0.2) is 5.96 Å². The summed E-state index contributed by atoms with van der Waals surface area (Å²) in [4.78, 5) is 16.4. The molecule has 2 unspecified atom stereocenters. The molecule has 1 amide bonds. The molecule has 8 nitrogen and oxygen atoms in total. The first kappa shape index (κ1) is 24.8. The molecule has 0 aliphatic rings. The van der Waals surface area contributed by atoms with Crippen LogP contribution in [-0.4, -0.2) is 53.1 Å². The third-order valence-electron chi connectivity index (χ3n) is 4.77. The highest BCUT2D eigenvalue weighted by atomic mass is 16.6. The number of carbonyl (C=O) groups excluding carboxylic acids is 1. The second-order valence-electron chi connectivity index (χ2n) is 8.97. The standard InChI is InChI=1S/C21H40N6O2/c1-13(2)18(25-20(28)29-21(6,7)8)12-23-19(22-9)24-14(3)11-17-15(4)26-27(10)16(17)5/h13-14,18H,11-12H2,1-10H3,(H,25,28)(H2,22,23,24). The van der Waals surface area contributed by atoms with Gasteiger partial charge in [-0.1, -0.05) is 13.8 Å². The van der Waals surface area contributed by atoms with Crippen LogP contribution in [0.5, 0.6) is 0 Å². The van der Waals surface area contributed by atoms with Gasteiger partial charge in [-0.15, -0.1) is 0 Å². The van der Waals surface area contributed by atoms with E-state index in [9.17, 15) is 4.79 Å². The molecule has 0 aromatic carbocycles. The molecule has 0 aliphatic carbocycles. The van der Waals surface area contributed by atoms with Gasteiger partial charge in [-0.05, 0) is 59.4 Å². The Balaban J connectivity index is 2.63. The zero-order valence-electron chi connectivity index (χ0n) is 19.8. The third-order valence-corrected chi connectivity index (χ3v) is 4.77. The SMILES string of the molecule is CN=C(NCC(NC(=O)OC(C)(C)C)C(C)C)NC(C)Cc1c(C)nn(C)c1C. The number of guanidine groups is 1. The van der Waals surface area contributed by atoms with E-state index in [2.05, 4.69) is 53.7 Å². The predicted octanol–water partition coefficient (Wildman–Crippen LogP) is 2.68. The highest BCUT2D eigenvalue weighted by Crippen LogP contribution is 2.14. The van der Waals surface area contributed by atoms with E-state index in [4.69, 9.17) is 4.74 Å². The van der Waals surface area contributed by atoms with Crippen LogP contribution in [0.3, 0.4) is 0 Å². The fourth-order valence-electron chi connectivity index (χ4n) is 3.02. The maximum Gasteiger partial charge on any atom is 0.407 e. The Morgan fingerprint density at radius 2 is 1.83 bits per heavy atom. The average Bonchev–Trinajstić information content (AvgIpc) is 2.81. The lowest BCUT2D eigenvalue weighted by Crippen LogP contribution is -2.51. The zero-order valence-corrected chi connectivity index (χ0v) is 19.8. The zero-order chi connectivity index (χ0) is 22.4. The highest BCUT2D eigenvalue weighted by Gasteiger charge is 2.22. The molecule has 0 radical (unpaired) electrons. The van der Waals surface area contributed by atoms with Crippen molar-refractivity contribution in [1.29, 1.82) is 0 Å². The second kappa shape index (κ2) is 10.5. The number of alkyl carbamates (subject to hydrolysis) is 1. The Morgan fingerprint density at radius 3 is 2.28 bits per heavy atom. The summed E-state index contributed by atoms with van der Waals surface area (Å²) in [7, 11) is 3.71. The van der Waals surface area contributed by atoms with Crippen LogP contribution in [-0.2, 0) is 18.2 Å². The molecule has 1 rings (SSSR count). The summed E-state index contributed by atoms with van der Waals surface area (Å²) in [6.07, 6.45) is 0.451. The van der Waals surface area contributed by atoms with E-state index < -0.39 is 11.7 Å². The second-order valence-corrected chi connectivity index (χ2v) is 8.97. The number of nitrogens with zero attached hydrogens (tertiary/aromatic N) is 3. The van der Waals surface area contributed by atoms with E-state index in [0.29, 0.717) is 12.5 Å².